The van der Waals surface area contributed by atoms with Crippen LogP contribution in [0.25, 0.3) is 28.4 Å². The fraction of sp³-hybridized carbons (Fsp3) is 0.625. The van der Waals surface area contributed by atoms with Crippen molar-refractivity contribution in [3.63, 3.8) is 0 Å². The summed E-state index contributed by atoms with van der Waals surface area (Å²) in [6.07, 6.45) is 3.28. The fourth-order valence-corrected chi connectivity index (χ4v) is 9.12. The maximum Gasteiger partial charge on any atom is 0.257 e. The lowest BCUT2D eigenvalue weighted by Gasteiger charge is -2.44. The molecule has 0 radical (unpaired) electrons. The number of hydrogen-bond acceptors (Lipinski definition) is 10. The van der Waals surface area contributed by atoms with Crippen molar-refractivity contribution in [3.8, 4) is 23.1 Å². The Bertz CT molecular complexity index is 1960. The molecule has 1 aromatic carbocycles. The van der Waals surface area contributed by atoms with Crippen molar-refractivity contribution in [2.75, 3.05) is 13.2 Å². The van der Waals surface area contributed by atoms with Gasteiger partial charge in [-0.3, -0.25) is 4.57 Å². The number of imidazole rings is 1. The number of rotatable bonds is 13. The zero-order valence-corrected chi connectivity index (χ0v) is 39.1. The van der Waals surface area contributed by atoms with Gasteiger partial charge in [-0.05, 0) is 61.3 Å². The summed E-state index contributed by atoms with van der Waals surface area (Å²) < 4.78 is 38.5. The molecule has 4 aromatic rings. The number of hydrogen-bond donors (Lipinski definition) is 0. The van der Waals surface area contributed by atoms with E-state index in [0.717, 1.165) is 11.1 Å². The summed E-state index contributed by atoms with van der Waals surface area (Å²) in [5.41, 5.74) is 3.81. The Kier molecular flexibility index (Phi) is 12.0. The quantitative estimate of drug-likeness (QED) is 0.0954. The highest BCUT2D eigenvalue weighted by atomic mass is 28.4. The molecule has 1 aliphatic rings. The molecule has 302 valence electrons. The Morgan fingerprint density at radius 2 is 1.40 bits per heavy atom. The Balaban J connectivity index is 1.67. The Morgan fingerprint density at radius 1 is 0.818 bits per heavy atom. The van der Waals surface area contributed by atoms with Gasteiger partial charge in [0.25, 0.3) is 5.95 Å². The summed E-state index contributed by atoms with van der Waals surface area (Å²) in [7, 11) is -6.90. The van der Waals surface area contributed by atoms with Crippen molar-refractivity contribution in [1.82, 2.24) is 34.5 Å². The van der Waals surface area contributed by atoms with E-state index < -0.39 is 49.5 Å². The summed E-state index contributed by atoms with van der Waals surface area (Å²) in [4.78, 5) is 14.7. The van der Waals surface area contributed by atoms with Crippen molar-refractivity contribution in [3.05, 3.63) is 55.0 Å². The van der Waals surface area contributed by atoms with Gasteiger partial charge in [-0.25, -0.2) is 4.98 Å². The topological polar surface area (TPSA) is 120 Å². The van der Waals surface area contributed by atoms with Crippen LogP contribution in [0.3, 0.4) is 0 Å². The second kappa shape index (κ2) is 15.4. The molecule has 55 heavy (non-hydrogen) atoms. The smallest absolute Gasteiger partial charge is 0.257 e. The second-order valence-corrected chi connectivity index (χ2v) is 33.8. The Morgan fingerprint density at radius 3 is 1.96 bits per heavy atom. The number of aryl methyl sites for hydroxylation is 1. The summed E-state index contributed by atoms with van der Waals surface area (Å²) in [6.45, 7) is 40.5. The molecule has 0 N–H and O–H groups in total. The molecule has 5 rings (SSSR count). The molecule has 0 amide bonds. The van der Waals surface area contributed by atoms with E-state index in [-0.39, 0.29) is 27.7 Å². The normalized spacial score (nSPS) is 20.4. The van der Waals surface area contributed by atoms with Crippen molar-refractivity contribution in [1.29, 1.82) is 0 Å². The Hall–Kier alpha value is -3.06. The van der Waals surface area contributed by atoms with Gasteiger partial charge in [0, 0.05) is 5.56 Å². The molecule has 4 heterocycles. The second-order valence-electron chi connectivity index (χ2n) is 19.5. The maximum absolute atomic E-state index is 7.42. The minimum absolute atomic E-state index is 0.0220. The van der Waals surface area contributed by atoms with Crippen LogP contribution >= 0.6 is 0 Å². The number of aromatic nitrogens is 7. The molecule has 0 unspecified atom stereocenters. The zero-order valence-electron chi connectivity index (χ0n) is 36.1. The van der Waals surface area contributed by atoms with Crippen LogP contribution in [0.4, 0.5) is 0 Å². The van der Waals surface area contributed by atoms with Gasteiger partial charge >= 0.3 is 0 Å². The number of fused-ring (bicyclic) bond motifs is 1. The fourth-order valence-electron chi connectivity index (χ4n) is 5.50. The first-order valence-electron chi connectivity index (χ1n) is 19.4. The van der Waals surface area contributed by atoms with E-state index in [4.69, 9.17) is 37.7 Å². The SMILES string of the molecule is C=CCOc1nc(-n2cc(-c3ccc(C)cc3)nn2)nc2c1ncn2[C@@H]1O[C@H](CO[Si](C)(C)C(C)(C)C)[C@@H](O[Si](C)(C)C(C)(C)C)[C@H]1O[Si](C)(C)C(C)(C)C. The standard InChI is InChI=1S/C40H65N7O5Si3/c1-18-23-48-35-31-34(42-37(43-35)47-24-29(44-45-47)28-21-19-27(2)20-22-28)46(26-41-31)36-33(52-55(16,17)40(9,10)11)32(51-54(14,15)39(6,7)8)30(50-36)25-49-53(12,13)38(3,4)5/h18-22,24,26,30,32-33,36H,1,23,25H2,2-17H3/t30-,32-,33-,36-/m1/s1. The zero-order chi connectivity index (χ0) is 40.9. The minimum Gasteiger partial charge on any atom is -0.472 e. The summed E-state index contributed by atoms with van der Waals surface area (Å²) in [6, 6.07) is 8.14. The van der Waals surface area contributed by atoms with E-state index in [2.05, 4.69) is 125 Å². The highest BCUT2D eigenvalue weighted by molar-refractivity contribution is 6.75. The van der Waals surface area contributed by atoms with Gasteiger partial charge in [-0.2, -0.15) is 14.6 Å². The van der Waals surface area contributed by atoms with Gasteiger partial charge in [0.1, 0.15) is 30.6 Å². The van der Waals surface area contributed by atoms with Gasteiger partial charge in [-0.1, -0.05) is 110 Å². The average Bonchev–Trinajstić information content (AvgIpc) is 3.79. The van der Waals surface area contributed by atoms with E-state index >= 15 is 0 Å². The molecule has 3 aromatic heterocycles. The maximum atomic E-state index is 7.42. The van der Waals surface area contributed by atoms with Crippen LogP contribution in [0.5, 0.6) is 5.88 Å². The third kappa shape index (κ3) is 9.08. The van der Waals surface area contributed by atoms with Gasteiger partial charge in [0.05, 0.1) is 19.1 Å². The lowest BCUT2D eigenvalue weighted by atomic mass is 10.1. The first-order valence-corrected chi connectivity index (χ1v) is 28.1. The lowest BCUT2D eigenvalue weighted by molar-refractivity contribution is -0.0470. The largest absolute Gasteiger partial charge is 0.472 e. The van der Waals surface area contributed by atoms with Crippen LogP contribution < -0.4 is 4.74 Å². The van der Waals surface area contributed by atoms with Crippen molar-refractivity contribution in [2.45, 2.75) is 148 Å². The summed E-state index contributed by atoms with van der Waals surface area (Å²) in [5, 5.41) is 8.78. The molecule has 15 heteroatoms. The lowest BCUT2D eigenvalue weighted by Crippen LogP contribution is -2.54. The summed E-state index contributed by atoms with van der Waals surface area (Å²) in [5.74, 6) is 0.587. The molecule has 4 atom stereocenters. The van der Waals surface area contributed by atoms with Crippen LogP contribution in [0, 0.1) is 6.92 Å². The molecule has 0 bridgehead atoms. The molecular formula is C40H65N7O5Si3. The number of nitrogens with zero attached hydrogens (tertiary/aromatic N) is 7. The highest BCUT2D eigenvalue weighted by Gasteiger charge is 2.55. The molecule has 0 aliphatic carbocycles. The molecule has 0 spiro atoms. The molecule has 1 fully saturated rings. The van der Waals surface area contributed by atoms with E-state index in [0.29, 0.717) is 29.3 Å². The van der Waals surface area contributed by atoms with Crippen molar-refractivity contribution >= 4 is 36.1 Å². The van der Waals surface area contributed by atoms with Crippen LogP contribution in [0.1, 0.15) is 74.1 Å². The highest BCUT2D eigenvalue weighted by Crippen LogP contribution is 2.47. The van der Waals surface area contributed by atoms with E-state index in [1.165, 1.54) is 0 Å². The first kappa shape index (κ1) is 43.1. The average molecular weight is 808 g/mol. The van der Waals surface area contributed by atoms with Crippen LogP contribution in [-0.4, -0.2) is 91.0 Å². The van der Waals surface area contributed by atoms with Crippen molar-refractivity contribution in [2.24, 2.45) is 0 Å². The van der Waals surface area contributed by atoms with E-state index in [1.807, 2.05) is 35.0 Å². The van der Waals surface area contributed by atoms with E-state index in [1.54, 1.807) is 17.1 Å². The predicted molar refractivity (Wildman–Crippen MR) is 227 cm³/mol. The van der Waals surface area contributed by atoms with Gasteiger partial charge in [-0.15, -0.1) is 5.10 Å². The first-order chi connectivity index (χ1) is 25.3. The third-order valence-electron chi connectivity index (χ3n) is 12.2. The van der Waals surface area contributed by atoms with Gasteiger partial charge in [0.2, 0.25) is 5.88 Å². The molecule has 12 nitrogen and oxygen atoms in total. The minimum atomic E-state index is -2.40. The van der Waals surface area contributed by atoms with Gasteiger partial charge in [0.15, 0.2) is 42.3 Å². The van der Waals surface area contributed by atoms with Gasteiger partial charge < -0.3 is 22.8 Å². The monoisotopic (exact) mass is 807 g/mol. The third-order valence-corrected chi connectivity index (χ3v) is 25.7. The molecule has 1 saturated heterocycles. The predicted octanol–water partition coefficient (Wildman–Crippen LogP) is 9.65. The van der Waals surface area contributed by atoms with Crippen LogP contribution in [0.15, 0.2) is 49.4 Å². The molecule has 0 saturated carbocycles. The van der Waals surface area contributed by atoms with Crippen LogP contribution in [0.2, 0.25) is 54.4 Å². The summed E-state index contributed by atoms with van der Waals surface area (Å²) >= 11 is 0. The number of benzene rings is 1. The molecule has 1 aliphatic heterocycles. The number of ether oxygens (including phenoxy) is 2. The van der Waals surface area contributed by atoms with Crippen LogP contribution in [-0.2, 0) is 18.0 Å². The molecular weight excluding hydrogens is 743 g/mol. The Labute approximate surface area is 331 Å². The van der Waals surface area contributed by atoms with E-state index in [9.17, 15) is 0 Å². The van der Waals surface area contributed by atoms with Crippen molar-refractivity contribution < 1.29 is 22.8 Å².